The van der Waals surface area contributed by atoms with Gasteiger partial charge in [0.1, 0.15) is 0 Å². The van der Waals surface area contributed by atoms with E-state index in [2.05, 4.69) is 20.8 Å². The average molecular weight is 282 g/mol. The van der Waals surface area contributed by atoms with Gasteiger partial charge in [-0.25, -0.2) is 4.79 Å². The van der Waals surface area contributed by atoms with Crippen molar-refractivity contribution in [3.63, 3.8) is 0 Å². The minimum absolute atomic E-state index is 0.301. The highest BCUT2D eigenvalue weighted by Crippen LogP contribution is 2.24. The van der Waals surface area contributed by atoms with Crippen molar-refractivity contribution in [3.8, 4) is 0 Å². The number of amides is 2. The highest BCUT2D eigenvalue weighted by molar-refractivity contribution is 5.76. The van der Waals surface area contributed by atoms with Crippen LogP contribution in [-0.2, 0) is 11.2 Å². The molecule has 3 N–H and O–H groups in total. The van der Waals surface area contributed by atoms with E-state index in [1.54, 1.807) is 0 Å². The molecule has 1 saturated carbocycles. The van der Waals surface area contributed by atoms with Crippen molar-refractivity contribution in [2.45, 2.75) is 38.1 Å². The Morgan fingerprint density at radius 2 is 2.20 bits per heavy atom. The average Bonchev–Trinajstić information content (AvgIpc) is 2.92. The first-order valence-corrected chi connectivity index (χ1v) is 6.69. The van der Waals surface area contributed by atoms with Crippen LogP contribution in [0.3, 0.4) is 0 Å². The first kappa shape index (κ1) is 14.3. The molecular formula is C12H18N4O4. The van der Waals surface area contributed by atoms with Crippen LogP contribution in [0.2, 0.25) is 0 Å². The summed E-state index contributed by atoms with van der Waals surface area (Å²) in [6.07, 6.45) is 4.90. The number of aromatic nitrogens is 2. The lowest BCUT2D eigenvalue weighted by atomic mass is 9.84. The van der Waals surface area contributed by atoms with E-state index in [-0.39, 0.29) is 12.1 Å². The molecule has 2 unspecified atom stereocenters. The van der Waals surface area contributed by atoms with E-state index in [4.69, 9.17) is 9.63 Å². The third kappa shape index (κ3) is 3.94. The van der Waals surface area contributed by atoms with Gasteiger partial charge in [-0.1, -0.05) is 18.0 Å². The number of nitrogens with one attached hydrogen (secondary N) is 2. The Kier molecular flexibility index (Phi) is 4.91. The third-order valence-electron chi connectivity index (χ3n) is 3.43. The second-order valence-electron chi connectivity index (χ2n) is 4.82. The lowest BCUT2D eigenvalue weighted by molar-refractivity contribution is -0.143. The largest absolute Gasteiger partial charge is 0.481 e. The molecule has 1 aliphatic rings. The molecule has 0 radical (unpaired) electrons. The summed E-state index contributed by atoms with van der Waals surface area (Å²) >= 11 is 0. The second kappa shape index (κ2) is 6.88. The smallest absolute Gasteiger partial charge is 0.315 e. The molecule has 0 spiro atoms. The Balaban J connectivity index is 1.73. The van der Waals surface area contributed by atoms with Crippen LogP contribution in [-0.4, -0.2) is 39.8 Å². The minimum Gasteiger partial charge on any atom is -0.481 e. The number of aliphatic carboxylic acids is 1. The van der Waals surface area contributed by atoms with Crippen molar-refractivity contribution in [3.05, 3.63) is 12.2 Å². The fraction of sp³-hybridized carbons (Fsp3) is 0.667. The van der Waals surface area contributed by atoms with Gasteiger partial charge in [-0.05, 0) is 12.8 Å². The molecule has 2 amide bonds. The normalized spacial score (nSPS) is 22.2. The Morgan fingerprint density at radius 1 is 1.40 bits per heavy atom. The molecule has 8 heteroatoms. The molecule has 20 heavy (non-hydrogen) atoms. The molecule has 8 nitrogen and oxygen atoms in total. The van der Waals surface area contributed by atoms with Gasteiger partial charge in [0.25, 0.3) is 0 Å². The number of nitrogens with zero attached hydrogens (tertiary/aromatic N) is 2. The predicted octanol–water partition coefficient (Wildman–Crippen LogP) is 0.555. The molecular weight excluding hydrogens is 264 g/mol. The van der Waals surface area contributed by atoms with E-state index in [1.165, 1.54) is 6.33 Å². The molecule has 2 atom stereocenters. The van der Waals surface area contributed by atoms with Crippen LogP contribution in [0.4, 0.5) is 4.79 Å². The summed E-state index contributed by atoms with van der Waals surface area (Å²) < 4.78 is 4.80. The zero-order chi connectivity index (χ0) is 14.4. The fourth-order valence-corrected chi connectivity index (χ4v) is 2.41. The van der Waals surface area contributed by atoms with Crippen molar-refractivity contribution >= 4 is 12.0 Å². The van der Waals surface area contributed by atoms with Crippen molar-refractivity contribution in [1.82, 2.24) is 20.8 Å². The molecule has 2 rings (SSSR count). The SMILES string of the molecule is O=C(NCCc1ncno1)NC1CCCCC1C(=O)O. The number of hydrogen-bond donors (Lipinski definition) is 3. The van der Waals surface area contributed by atoms with Crippen LogP contribution in [0.15, 0.2) is 10.9 Å². The number of urea groups is 1. The first-order chi connectivity index (χ1) is 9.66. The van der Waals surface area contributed by atoms with Crippen LogP contribution in [0, 0.1) is 5.92 Å². The molecule has 1 aliphatic carbocycles. The topological polar surface area (TPSA) is 117 Å². The Labute approximate surface area is 115 Å². The Bertz CT molecular complexity index is 448. The molecule has 1 fully saturated rings. The van der Waals surface area contributed by atoms with Gasteiger partial charge in [-0.2, -0.15) is 4.98 Å². The highest BCUT2D eigenvalue weighted by atomic mass is 16.5. The van der Waals surface area contributed by atoms with E-state index in [9.17, 15) is 9.59 Å². The number of rotatable bonds is 5. The van der Waals surface area contributed by atoms with Crippen molar-refractivity contribution < 1.29 is 19.2 Å². The van der Waals surface area contributed by atoms with Crippen LogP contribution in [0.5, 0.6) is 0 Å². The number of carboxylic acid groups (broad SMARTS) is 1. The predicted molar refractivity (Wildman–Crippen MR) is 67.9 cm³/mol. The van der Waals surface area contributed by atoms with E-state index in [0.29, 0.717) is 31.7 Å². The van der Waals surface area contributed by atoms with E-state index >= 15 is 0 Å². The van der Waals surface area contributed by atoms with Crippen LogP contribution >= 0.6 is 0 Å². The van der Waals surface area contributed by atoms with Crippen molar-refractivity contribution in [2.75, 3.05) is 6.54 Å². The molecule has 0 bridgehead atoms. The second-order valence-corrected chi connectivity index (χ2v) is 4.82. The highest BCUT2D eigenvalue weighted by Gasteiger charge is 2.31. The monoisotopic (exact) mass is 282 g/mol. The summed E-state index contributed by atoms with van der Waals surface area (Å²) in [6.45, 7) is 0.360. The number of carboxylic acids is 1. The van der Waals surface area contributed by atoms with Gasteiger partial charge in [-0.15, -0.1) is 0 Å². The van der Waals surface area contributed by atoms with Crippen molar-refractivity contribution in [2.24, 2.45) is 5.92 Å². The van der Waals surface area contributed by atoms with Gasteiger partial charge >= 0.3 is 12.0 Å². The lowest BCUT2D eigenvalue weighted by Crippen LogP contribution is -2.49. The molecule has 0 saturated heterocycles. The van der Waals surface area contributed by atoms with E-state index in [1.807, 2.05) is 0 Å². The quantitative estimate of drug-likeness (QED) is 0.726. The summed E-state index contributed by atoms with van der Waals surface area (Å²) in [5.41, 5.74) is 0. The molecule has 0 aromatic carbocycles. The van der Waals surface area contributed by atoms with Gasteiger partial charge in [0.05, 0.1) is 5.92 Å². The number of carbonyl (C=O) groups excluding carboxylic acids is 1. The van der Waals surface area contributed by atoms with Crippen LogP contribution in [0.1, 0.15) is 31.6 Å². The Hall–Kier alpha value is -2.12. The van der Waals surface area contributed by atoms with E-state index in [0.717, 1.165) is 12.8 Å². The maximum absolute atomic E-state index is 11.7. The van der Waals surface area contributed by atoms with E-state index < -0.39 is 11.9 Å². The number of hydrogen-bond acceptors (Lipinski definition) is 5. The molecule has 1 aromatic heterocycles. The van der Waals surface area contributed by atoms with Gasteiger partial charge in [-0.3, -0.25) is 4.79 Å². The summed E-state index contributed by atoms with van der Waals surface area (Å²) in [5, 5.41) is 18.0. The molecule has 110 valence electrons. The van der Waals surface area contributed by atoms with Crippen LogP contribution in [0.25, 0.3) is 0 Å². The standard InChI is InChI=1S/C12H18N4O4/c17-11(18)8-3-1-2-4-9(8)16-12(19)13-6-5-10-14-7-15-20-10/h7-9H,1-6H2,(H,17,18)(H2,13,16,19). The first-order valence-electron chi connectivity index (χ1n) is 6.69. The zero-order valence-corrected chi connectivity index (χ0v) is 11.0. The summed E-state index contributed by atoms with van der Waals surface area (Å²) in [5.74, 6) is -0.891. The summed E-state index contributed by atoms with van der Waals surface area (Å²) in [4.78, 5) is 26.7. The molecule has 0 aliphatic heterocycles. The van der Waals surface area contributed by atoms with Gasteiger partial charge in [0.15, 0.2) is 6.33 Å². The van der Waals surface area contributed by atoms with Crippen LogP contribution < -0.4 is 10.6 Å². The maximum atomic E-state index is 11.7. The molecule has 1 heterocycles. The van der Waals surface area contributed by atoms with Gasteiger partial charge in [0.2, 0.25) is 5.89 Å². The van der Waals surface area contributed by atoms with Crippen molar-refractivity contribution in [1.29, 1.82) is 0 Å². The maximum Gasteiger partial charge on any atom is 0.315 e. The molecule has 1 aromatic rings. The van der Waals surface area contributed by atoms with Gasteiger partial charge < -0.3 is 20.3 Å². The lowest BCUT2D eigenvalue weighted by Gasteiger charge is -2.29. The summed E-state index contributed by atoms with van der Waals surface area (Å²) in [6, 6.07) is -0.660. The Morgan fingerprint density at radius 3 is 2.90 bits per heavy atom. The fourth-order valence-electron chi connectivity index (χ4n) is 2.41. The summed E-state index contributed by atoms with van der Waals surface area (Å²) in [7, 11) is 0. The minimum atomic E-state index is -0.846. The van der Waals surface area contributed by atoms with Gasteiger partial charge in [0, 0.05) is 19.0 Å². The third-order valence-corrected chi connectivity index (χ3v) is 3.43. The zero-order valence-electron chi connectivity index (χ0n) is 11.0. The number of carbonyl (C=O) groups is 2.